The summed E-state index contributed by atoms with van der Waals surface area (Å²) in [5, 5.41) is 19.3. The van der Waals surface area contributed by atoms with Crippen molar-refractivity contribution < 1.29 is 9.90 Å². The van der Waals surface area contributed by atoms with Crippen LogP contribution >= 0.6 is 0 Å². The molecule has 0 saturated heterocycles. The van der Waals surface area contributed by atoms with Crippen LogP contribution in [0.2, 0.25) is 0 Å². The van der Waals surface area contributed by atoms with Gasteiger partial charge in [-0.2, -0.15) is 0 Å². The molecule has 1 aromatic rings. The molecule has 5 heteroatoms. The highest BCUT2D eigenvalue weighted by molar-refractivity contribution is 5.97. The minimum absolute atomic E-state index is 0.00717. The van der Waals surface area contributed by atoms with Crippen LogP contribution in [-0.4, -0.2) is 30.8 Å². The van der Waals surface area contributed by atoms with Crippen molar-refractivity contribution in [2.24, 2.45) is 0 Å². The third-order valence-electron chi connectivity index (χ3n) is 4.00. The quantitative estimate of drug-likeness (QED) is 0.292. The predicted molar refractivity (Wildman–Crippen MR) is 91.3 cm³/mol. The van der Waals surface area contributed by atoms with Crippen molar-refractivity contribution in [3.05, 3.63) is 30.3 Å². The van der Waals surface area contributed by atoms with Gasteiger partial charge in [0.25, 0.3) is 0 Å². The number of nitrogens with one attached hydrogen (secondary N) is 2. The molecular formula is C17H28N3O2+. The van der Waals surface area contributed by atoms with Gasteiger partial charge in [-0.25, -0.2) is 20.0 Å². The summed E-state index contributed by atoms with van der Waals surface area (Å²) < 4.78 is 0.181. The van der Waals surface area contributed by atoms with Crippen LogP contribution < -0.4 is 9.80 Å². The van der Waals surface area contributed by atoms with Gasteiger partial charge in [-0.1, -0.05) is 50.8 Å². The largest absolute Gasteiger partial charge is 0.465 e. The van der Waals surface area contributed by atoms with Crippen LogP contribution in [0.5, 0.6) is 0 Å². The maximum absolute atomic E-state index is 10.9. The smallest absolute Gasteiger partial charge is 0.414 e. The lowest BCUT2D eigenvalue weighted by molar-refractivity contribution is 0.198. The Balaban J connectivity index is 2.71. The summed E-state index contributed by atoms with van der Waals surface area (Å²) in [6.45, 7) is 2.91. The Bertz CT molecular complexity index is 476. The Hall–Kier alpha value is -1.88. The molecule has 0 saturated carbocycles. The van der Waals surface area contributed by atoms with E-state index in [-0.39, 0.29) is 10.4 Å². The van der Waals surface area contributed by atoms with Crippen LogP contribution in [0.4, 0.5) is 10.5 Å². The molecule has 0 aliphatic rings. The summed E-state index contributed by atoms with van der Waals surface area (Å²) in [5.41, 5.74) is 0.926. The van der Waals surface area contributed by atoms with E-state index in [1.807, 2.05) is 37.4 Å². The monoisotopic (exact) mass is 306 g/mol. The van der Waals surface area contributed by atoms with Gasteiger partial charge >= 0.3 is 12.1 Å². The van der Waals surface area contributed by atoms with Crippen molar-refractivity contribution >= 4 is 17.7 Å². The number of hydrogen-bond donors (Lipinski definition) is 3. The highest BCUT2D eigenvalue weighted by Gasteiger charge is 2.32. The highest BCUT2D eigenvalue weighted by Crippen LogP contribution is 2.22. The molecule has 3 N–H and O–H groups in total. The van der Waals surface area contributed by atoms with E-state index in [4.69, 9.17) is 10.5 Å². The van der Waals surface area contributed by atoms with Crippen LogP contribution in [0.1, 0.15) is 45.4 Å². The van der Waals surface area contributed by atoms with Gasteiger partial charge in [-0.05, 0) is 25.0 Å². The number of benzene rings is 1. The van der Waals surface area contributed by atoms with Crippen molar-refractivity contribution in [1.29, 1.82) is 5.41 Å². The molecule has 0 radical (unpaired) electrons. The molecule has 0 bridgehead atoms. The van der Waals surface area contributed by atoms with E-state index in [1.54, 1.807) is 0 Å². The fourth-order valence-electron chi connectivity index (χ4n) is 2.56. The van der Waals surface area contributed by atoms with E-state index in [0.29, 0.717) is 0 Å². The van der Waals surface area contributed by atoms with Gasteiger partial charge in [-0.3, -0.25) is 0 Å². The molecular weight excluding hydrogens is 278 g/mol. The highest BCUT2D eigenvalue weighted by atomic mass is 16.4. The number of amides is 1. The van der Waals surface area contributed by atoms with Gasteiger partial charge in [0.2, 0.25) is 0 Å². The maximum atomic E-state index is 10.9. The minimum atomic E-state index is -1.19. The van der Waals surface area contributed by atoms with Gasteiger partial charge in [0, 0.05) is 0 Å². The lowest BCUT2D eigenvalue weighted by Gasteiger charge is -2.32. The normalized spacial score (nSPS) is 13.4. The number of guanidine groups is 1. The Morgan fingerprint density at radius 2 is 1.73 bits per heavy atom. The Morgan fingerprint density at radius 3 is 2.32 bits per heavy atom. The Kier molecular flexibility index (Phi) is 7.60. The van der Waals surface area contributed by atoms with E-state index >= 15 is 0 Å². The van der Waals surface area contributed by atoms with Gasteiger partial charge in [0.15, 0.2) is 0 Å². The zero-order chi connectivity index (χ0) is 16.4. The first-order chi connectivity index (χ1) is 10.5. The minimum Gasteiger partial charge on any atom is -0.465 e. The second kappa shape index (κ2) is 9.20. The number of quaternary nitrogens is 1. The van der Waals surface area contributed by atoms with E-state index in [2.05, 4.69) is 12.2 Å². The number of para-hydroxylation sites is 1. The van der Waals surface area contributed by atoms with Crippen LogP contribution in [0.3, 0.4) is 0 Å². The van der Waals surface area contributed by atoms with E-state index < -0.39 is 6.09 Å². The van der Waals surface area contributed by atoms with Crippen molar-refractivity contribution in [1.82, 2.24) is 9.80 Å². The molecule has 0 fully saturated rings. The molecule has 122 valence electrons. The molecule has 1 rings (SSSR count). The number of unbranched alkanes of at least 4 members (excludes halogenated alkanes) is 5. The van der Waals surface area contributed by atoms with Gasteiger partial charge in [0.05, 0.1) is 13.6 Å². The molecule has 0 aromatic heterocycles. The molecule has 0 aliphatic carbocycles. The van der Waals surface area contributed by atoms with Gasteiger partial charge in [-0.15, -0.1) is 0 Å². The van der Waals surface area contributed by atoms with Gasteiger partial charge in [0.1, 0.15) is 5.69 Å². The first-order valence-corrected chi connectivity index (χ1v) is 8.01. The average molecular weight is 306 g/mol. The zero-order valence-electron chi connectivity index (χ0n) is 13.6. The standard InChI is InChI=1S/C17H27N3O2/c1-3-4-5-6-7-11-14-20(2,16(18)19-17(21)22)15-12-9-8-10-13-15/h8-10,12-13H,3-7,11,14H2,1-2H3,(H2-,18,19,21,22)/p+1. The van der Waals surface area contributed by atoms with Crippen molar-refractivity contribution in [2.75, 3.05) is 13.6 Å². The van der Waals surface area contributed by atoms with Crippen LogP contribution in [-0.2, 0) is 0 Å². The molecule has 1 unspecified atom stereocenters. The topological polar surface area (TPSA) is 73.2 Å². The van der Waals surface area contributed by atoms with Crippen LogP contribution in [0, 0.1) is 5.41 Å². The predicted octanol–water partition coefficient (Wildman–Crippen LogP) is 4.19. The molecule has 5 nitrogen and oxygen atoms in total. The molecule has 1 atom stereocenters. The SMILES string of the molecule is CCCCCCCC[N+](C)(C(=N)NC(=O)O)c1ccccc1. The second-order valence-corrected chi connectivity index (χ2v) is 5.80. The van der Waals surface area contributed by atoms with Crippen LogP contribution in [0.25, 0.3) is 0 Å². The summed E-state index contributed by atoms with van der Waals surface area (Å²) in [6.07, 6.45) is 5.83. The number of rotatable bonds is 8. The molecule has 0 heterocycles. The summed E-state index contributed by atoms with van der Waals surface area (Å²) in [5.74, 6) is -0.00717. The van der Waals surface area contributed by atoms with Crippen LogP contribution in [0.15, 0.2) is 30.3 Å². The van der Waals surface area contributed by atoms with Gasteiger partial charge < -0.3 is 5.11 Å². The summed E-state index contributed by atoms with van der Waals surface area (Å²) in [7, 11) is 1.89. The summed E-state index contributed by atoms with van der Waals surface area (Å²) in [4.78, 5) is 10.9. The molecule has 0 spiro atoms. The number of hydrogen-bond acceptors (Lipinski definition) is 2. The molecule has 22 heavy (non-hydrogen) atoms. The van der Waals surface area contributed by atoms with E-state index in [9.17, 15) is 4.79 Å². The fraction of sp³-hybridized carbons (Fsp3) is 0.529. The fourth-order valence-corrected chi connectivity index (χ4v) is 2.56. The number of nitrogens with zero attached hydrogens (tertiary/aromatic N) is 1. The van der Waals surface area contributed by atoms with E-state index in [0.717, 1.165) is 25.1 Å². The summed E-state index contributed by atoms with van der Waals surface area (Å²) in [6, 6.07) is 9.64. The lowest BCUT2D eigenvalue weighted by atomic mass is 10.1. The zero-order valence-corrected chi connectivity index (χ0v) is 13.6. The first-order valence-electron chi connectivity index (χ1n) is 8.01. The number of carboxylic acid groups (broad SMARTS) is 1. The first kappa shape index (κ1) is 18.2. The Labute approximate surface area is 133 Å². The average Bonchev–Trinajstić information content (AvgIpc) is 2.50. The van der Waals surface area contributed by atoms with Crippen molar-refractivity contribution in [2.45, 2.75) is 45.4 Å². The Morgan fingerprint density at radius 1 is 1.14 bits per heavy atom. The third kappa shape index (κ3) is 5.48. The molecule has 1 aromatic carbocycles. The molecule has 0 aliphatic heterocycles. The van der Waals surface area contributed by atoms with Crippen molar-refractivity contribution in [3.63, 3.8) is 0 Å². The molecule has 1 amide bonds. The second-order valence-electron chi connectivity index (χ2n) is 5.80. The number of carbonyl (C=O) groups is 1. The maximum Gasteiger partial charge on any atom is 0.414 e. The van der Waals surface area contributed by atoms with Crippen molar-refractivity contribution in [3.8, 4) is 0 Å². The summed E-state index contributed by atoms with van der Waals surface area (Å²) >= 11 is 0. The van der Waals surface area contributed by atoms with E-state index in [1.165, 1.54) is 25.7 Å². The lowest BCUT2D eigenvalue weighted by Crippen LogP contribution is -2.57. The third-order valence-corrected chi connectivity index (χ3v) is 4.00.